The van der Waals surface area contributed by atoms with Crippen LogP contribution >= 0.6 is 0 Å². The Hall–Kier alpha value is -0.600. The lowest BCUT2D eigenvalue weighted by atomic mass is 9.98. The molecule has 0 aromatic heterocycles. The van der Waals surface area contributed by atoms with Gasteiger partial charge in [0.2, 0.25) is 0 Å². The first-order chi connectivity index (χ1) is 17.8. The van der Waals surface area contributed by atoms with Crippen LogP contribution in [0.15, 0.2) is 24.3 Å². The molecule has 2 aliphatic rings. The van der Waals surface area contributed by atoms with E-state index in [0.29, 0.717) is 12.2 Å². The molecule has 0 aromatic rings. The van der Waals surface area contributed by atoms with Gasteiger partial charge in [0.15, 0.2) is 5.79 Å². The van der Waals surface area contributed by atoms with Gasteiger partial charge >= 0.3 is 0 Å². The van der Waals surface area contributed by atoms with Crippen molar-refractivity contribution in [2.45, 2.75) is 192 Å². The van der Waals surface area contributed by atoms with Crippen molar-refractivity contribution in [3.05, 3.63) is 24.3 Å². The number of hydrogen-bond donors (Lipinski definition) is 0. The molecule has 210 valence electrons. The van der Waals surface area contributed by atoms with Crippen LogP contribution in [0.2, 0.25) is 0 Å². The van der Waals surface area contributed by atoms with Crippen LogP contribution < -0.4 is 0 Å². The van der Waals surface area contributed by atoms with Crippen molar-refractivity contribution in [1.82, 2.24) is 0 Å². The zero-order valence-electron chi connectivity index (χ0n) is 24.5. The summed E-state index contributed by atoms with van der Waals surface area (Å²) in [5, 5.41) is 0. The number of unbranched alkanes of at least 4 members (excludes halogenated alkanes) is 16. The predicted octanol–water partition coefficient (Wildman–Crippen LogP) is 11.4. The van der Waals surface area contributed by atoms with Crippen molar-refractivity contribution < 1.29 is 9.47 Å². The Morgan fingerprint density at radius 3 is 1.47 bits per heavy atom. The van der Waals surface area contributed by atoms with E-state index < -0.39 is 0 Å². The third-order valence-corrected chi connectivity index (χ3v) is 8.29. The minimum atomic E-state index is -0.243. The molecule has 0 spiro atoms. The van der Waals surface area contributed by atoms with Gasteiger partial charge < -0.3 is 9.47 Å². The van der Waals surface area contributed by atoms with Crippen LogP contribution in [-0.4, -0.2) is 18.0 Å². The Kier molecular flexibility index (Phi) is 18.7. The van der Waals surface area contributed by atoms with E-state index in [-0.39, 0.29) is 5.79 Å². The molecule has 1 saturated carbocycles. The van der Waals surface area contributed by atoms with E-state index >= 15 is 0 Å². The Balaban J connectivity index is 1.49. The molecule has 0 aromatic carbocycles. The van der Waals surface area contributed by atoms with Crippen LogP contribution in [0.1, 0.15) is 174 Å². The standard InChI is InChI=1S/C34H62O2/c1-3-5-7-9-11-13-14-15-16-17-18-19-20-22-24-26-31-34(35-32-28-27-29-33(32)36-34)30-25-23-21-12-10-8-6-4-2/h11,13,15-16,32-33H,3-10,12,14,17-31H2,1-2H3/b13-11-,16-15-/t32-,33?,34?/m1/s1. The van der Waals surface area contributed by atoms with Gasteiger partial charge in [-0.15, -0.1) is 0 Å². The van der Waals surface area contributed by atoms with Crippen LogP contribution in [0.3, 0.4) is 0 Å². The molecule has 0 amide bonds. The molecule has 2 fully saturated rings. The fraction of sp³-hybridized carbons (Fsp3) is 0.882. The van der Waals surface area contributed by atoms with Gasteiger partial charge in [0.25, 0.3) is 0 Å². The Labute approximate surface area is 226 Å². The maximum Gasteiger partial charge on any atom is 0.169 e. The molecule has 2 unspecified atom stereocenters. The highest BCUT2D eigenvalue weighted by atomic mass is 16.8. The first-order valence-corrected chi connectivity index (χ1v) is 16.5. The number of fused-ring (bicyclic) bond motifs is 1. The number of allylic oxidation sites excluding steroid dienone is 4. The highest BCUT2D eigenvalue weighted by Gasteiger charge is 2.48. The lowest BCUT2D eigenvalue weighted by Crippen LogP contribution is -2.31. The lowest BCUT2D eigenvalue weighted by molar-refractivity contribution is -0.190. The monoisotopic (exact) mass is 502 g/mol. The summed E-state index contributed by atoms with van der Waals surface area (Å²) in [4.78, 5) is 0. The molecule has 1 saturated heterocycles. The number of ether oxygens (including phenoxy) is 2. The maximum absolute atomic E-state index is 6.62. The highest BCUT2D eigenvalue weighted by Crippen LogP contribution is 2.43. The average molecular weight is 503 g/mol. The molecular weight excluding hydrogens is 440 g/mol. The molecule has 2 nitrogen and oxygen atoms in total. The summed E-state index contributed by atoms with van der Waals surface area (Å²) in [5.74, 6) is -0.243. The summed E-state index contributed by atoms with van der Waals surface area (Å²) in [5.41, 5.74) is 0. The molecule has 1 aliphatic carbocycles. The van der Waals surface area contributed by atoms with Gasteiger partial charge in [-0.25, -0.2) is 0 Å². The van der Waals surface area contributed by atoms with Crippen LogP contribution in [0.5, 0.6) is 0 Å². The zero-order valence-corrected chi connectivity index (χ0v) is 24.5. The van der Waals surface area contributed by atoms with Crippen LogP contribution in [0.4, 0.5) is 0 Å². The normalized spacial score (nSPS) is 23.9. The summed E-state index contributed by atoms with van der Waals surface area (Å²) < 4.78 is 13.2. The quantitative estimate of drug-likeness (QED) is 0.0964. The van der Waals surface area contributed by atoms with Gasteiger partial charge in [0.05, 0.1) is 12.2 Å². The molecule has 2 heteroatoms. The second-order valence-corrected chi connectivity index (χ2v) is 11.7. The predicted molar refractivity (Wildman–Crippen MR) is 158 cm³/mol. The van der Waals surface area contributed by atoms with E-state index in [1.54, 1.807) is 0 Å². The van der Waals surface area contributed by atoms with Crippen molar-refractivity contribution in [2.24, 2.45) is 0 Å². The van der Waals surface area contributed by atoms with E-state index in [2.05, 4.69) is 38.2 Å². The fourth-order valence-electron chi connectivity index (χ4n) is 6.01. The van der Waals surface area contributed by atoms with Gasteiger partial charge in [0.1, 0.15) is 0 Å². The van der Waals surface area contributed by atoms with Crippen LogP contribution in [-0.2, 0) is 9.47 Å². The van der Waals surface area contributed by atoms with Gasteiger partial charge in [-0.1, -0.05) is 122 Å². The van der Waals surface area contributed by atoms with Gasteiger partial charge in [-0.2, -0.15) is 0 Å². The number of rotatable bonds is 24. The molecule has 0 bridgehead atoms. The Morgan fingerprint density at radius 1 is 0.528 bits per heavy atom. The van der Waals surface area contributed by atoms with E-state index in [1.165, 1.54) is 141 Å². The van der Waals surface area contributed by atoms with Crippen LogP contribution in [0.25, 0.3) is 0 Å². The van der Waals surface area contributed by atoms with Crippen molar-refractivity contribution in [2.75, 3.05) is 0 Å². The second-order valence-electron chi connectivity index (χ2n) is 11.7. The fourth-order valence-corrected chi connectivity index (χ4v) is 6.01. The lowest BCUT2D eigenvalue weighted by Gasteiger charge is -2.29. The second kappa shape index (κ2) is 21.3. The third kappa shape index (κ3) is 14.4. The van der Waals surface area contributed by atoms with Crippen LogP contribution in [0, 0.1) is 0 Å². The zero-order chi connectivity index (χ0) is 25.6. The third-order valence-electron chi connectivity index (χ3n) is 8.29. The molecule has 1 aliphatic heterocycles. The van der Waals surface area contributed by atoms with Gasteiger partial charge in [-0.3, -0.25) is 0 Å². The molecule has 0 radical (unpaired) electrons. The molecule has 36 heavy (non-hydrogen) atoms. The van der Waals surface area contributed by atoms with Crippen molar-refractivity contribution in [3.8, 4) is 0 Å². The van der Waals surface area contributed by atoms with Gasteiger partial charge in [-0.05, 0) is 64.2 Å². The van der Waals surface area contributed by atoms with Crippen molar-refractivity contribution in [1.29, 1.82) is 0 Å². The summed E-state index contributed by atoms with van der Waals surface area (Å²) in [6.07, 6.45) is 42.8. The molecule has 0 N–H and O–H groups in total. The minimum absolute atomic E-state index is 0.243. The topological polar surface area (TPSA) is 18.5 Å². The van der Waals surface area contributed by atoms with Crippen molar-refractivity contribution in [3.63, 3.8) is 0 Å². The van der Waals surface area contributed by atoms with Gasteiger partial charge in [0, 0.05) is 12.8 Å². The smallest absolute Gasteiger partial charge is 0.169 e. The first-order valence-electron chi connectivity index (χ1n) is 16.5. The van der Waals surface area contributed by atoms with E-state index in [4.69, 9.17) is 9.47 Å². The summed E-state index contributed by atoms with van der Waals surface area (Å²) >= 11 is 0. The van der Waals surface area contributed by atoms with E-state index in [0.717, 1.165) is 19.3 Å². The summed E-state index contributed by atoms with van der Waals surface area (Å²) in [7, 11) is 0. The molecule has 3 atom stereocenters. The van der Waals surface area contributed by atoms with E-state index in [1.807, 2.05) is 0 Å². The first kappa shape index (κ1) is 31.6. The Bertz CT molecular complexity index is 539. The minimum Gasteiger partial charge on any atom is -0.344 e. The number of hydrogen-bond acceptors (Lipinski definition) is 2. The summed E-state index contributed by atoms with van der Waals surface area (Å²) in [6.45, 7) is 4.57. The molecule has 1 heterocycles. The summed E-state index contributed by atoms with van der Waals surface area (Å²) in [6, 6.07) is 0. The molecule has 2 rings (SSSR count). The largest absolute Gasteiger partial charge is 0.344 e. The average Bonchev–Trinajstić information content (AvgIpc) is 3.45. The Morgan fingerprint density at radius 2 is 0.944 bits per heavy atom. The SMILES string of the molecule is CCCCC/C=C\C/C=C\CCCCCCCCC1(CCCCCCCCCC)OC2CCC[C@H]2O1. The maximum atomic E-state index is 6.62. The molecular formula is C34H62O2. The highest BCUT2D eigenvalue weighted by molar-refractivity contribution is 4.93. The van der Waals surface area contributed by atoms with E-state index in [9.17, 15) is 0 Å². The van der Waals surface area contributed by atoms with Crippen molar-refractivity contribution >= 4 is 0 Å².